The van der Waals surface area contributed by atoms with Crippen LogP contribution in [-0.4, -0.2) is 54.4 Å². The fraction of sp³-hybridized carbons (Fsp3) is 0.833. The van der Waals surface area contributed by atoms with E-state index in [1.54, 1.807) is 12.0 Å². The van der Waals surface area contributed by atoms with Crippen molar-refractivity contribution >= 4 is 12.0 Å². The Bertz CT molecular complexity index is 267. The van der Waals surface area contributed by atoms with E-state index in [9.17, 15) is 9.59 Å². The van der Waals surface area contributed by atoms with E-state index in [2.05, 4.69) is 5.32 Å². The Balaban J connectivity index is 4.62. The molecule has 0 aromatic rings. The maximum absolute atomic E-state index is 12.0. The molecule has 2 amide bonds. The van der Waals surface area contributed by atoms with Crippen LogP contribution < -0.4 is 5.32 Å². The lowest BCUT2D eigenvalue weighted by Gasteiger charge is -2.31. The molecule has 18 heavy (non-hydrogen) atoms. The smallest absolute Gasteiger partial charge is 0.325 e. The van der Waals surface area contributed by atoms with E-state index in [0.717, 1.165) is 12.8 Å². The highest BCUT2D eigenvalue weighted by atomic mass is 16.5. The number of urea groups is 1. The molecule has 0 saturated heterocycles. The number of nitrogens with one attached hydrogen (secondary N) is 1. The van der Waals surface area contributed by atoms with E-state index >= 15 is 0 Å². The van der Waals surface area contributed by atoms with Crippen molar-refractivity contribution in [2.75, 3.05) is 20.3 Å². The first kappa shape index (κ1) is 16.7. The Hall–Kier alpha value is -1.30. The molecule has 6 heteroatoms. The molecule has 0 saturated carbocycles. The maximum Gasteiger partial charge on any atom is 0.325 e. The lowest BCUT2D eigenvalue weighted by atomic mass is 10.1. The van der Waals surface area contributed by atoms with E-state index in [1.807, 2.05) is 13.8 Å². The minimum atomic E-state index is -1.04. The van der Waals surface area contributed by atoms with Crippen LogP contribution in [0.4, 0.5) is 4.79 Å². The molecule has 0 aliphatic rings. The van der Waals surface area contributed by atoms with Crippen LogP contribution in [0.1, 0.15) is 33.6 Å². The molecule has 0 radical (unpaired) electrons. The number of aliphatic carboxylic acids is 1. The number of carboxylic acid groups (broad SMARTS) is 1. The van der Waals surface area contributed by atoms with Gasteiger partial charge in [-0.25, -0.2) is 4.79 Å². The van der Waals surface area contributed by atoms with E-state index < -0.39 is 12.0 Å². The molecule has 1 atom stereocenters. The van der Waals surface area contributed by atoms with Gasteiger partial charge in [-0.15, -0.1) is 0 Å². The summed E-state index contributed by atoms with van der Waals surface area (Å²) < 4.78 is 4.98. The highest BCUT2D eigenvalue weighted by molar-refractivity contribution is 5.82. The average molecular weight is 260 g/mol. The number of carbonyl (C=O) groups is 2. The number of rotatable bonds is 8. The molecule has 106 valence electrons. The summed E-state index contributed by atoms with van der Waals surface area (Å²) in [6.07, 6.45) is 1.66. The topological polar surface area (TPSA) is 78.9 Å². The zero-order chi connectivity index (χ0) is 14.1. The van der Waals surface area contributed by atoms with Gasteiger partial charge in [-0.1, -0.05) is 13.8 Å². The summed E-state index contributed by atoms with van der Waals surface area (Å²) in [7, 11) is 1.57. The Morgan fingerprint density at radius 3 is 2.28 bits per heavy atom. The van der Waals surface area contributed by atoms with Gasteiger partial charge in [0, 0.05) is 19.7 Å². The quantitative estimate of drug-likeness (QED) is 0.689. The molecule has 0 aromatic heterocycles. The normalized spacial score (nSPS) is 12.3. The number of amides is 2. The van der Waals surface area contributed by atoms with Crippen LogP contribution in [0.25, 0.3) is 0 Å². The Morgan fingerprint density at radius 2 is 1.89 bits per heavy atom. The summed E-state index contributed by atoms with van der Waals surface area (Å²) in [4.78, 5) is 24.4. The number of hydrogen-bond donors (Lipinski definition) is 2. The van der Waals surface area contributed by atoms with E-state index in [0.29, 0.717) is 13.2 Å². The number of hydrogen-bond acceptors (Lipinski definition) is 3. The van der Waals surface area contributed by atoms with Gasteiger partial charge >= 0.3 is 12.0 Å². The summed E-state index contributed by atoms with van der Waals surface area (Å²) in [5, 5.41) is 11.3. The summed E-state index contributed by atoms with van der Waals surface area (Å²) in [6, 6.07) is -1.14. The second kappa shape index (κ2) is 8.74. The van der Waals surface area contributed by atoms with Crippen LogP contribution in [0, 0.1) is 0 Å². The zero-order valence-corrected chi connectivity index (χ0v) is 11.6. The van der Waals surface area contributed by atoms with Crippen LogP contribution in [0.15, 0.2) is 0 Å². The predicted molar refractivity (Wildman–Crippen MR) is 68.6 cm³/mol. The average Bonchev–Trinajstić information content (AvgIpc) is 2.34. The third-order valence-corrected chi connectivity index (χ3v) is 2.89. The Labute approximate surface area is 108 Å². The second-order valence-electron chi connectivity index (χ2n) is 4.17. The highest BCUT2D eigenvalue weighted by Gasteiger charge is 2.23. The molecule has 6 nitrogen and oxygen atoms in total. The van der Waals surface area contributed by atoms with Gasteiger partial charge in [-0.3, -0.25) is 4.79 Å². The van der Waals surface area contributed by atoms with Crippen LogP contribution in [0.3, 0.4) is 0 Å². The van der Waals surface area contributed by atoms with Crippen molar-refractivity contribution in [1.82, 2.24) is 10.2 Å². The largest absolute Gasteiger partial charge is 0.480 e. The predicted octanol–water partition coefficient (Wildman–Crippen LogP) is 1.31. The fourth-order valence-electron chi connectivity index (χ4n) is 1.70. The molecule has 2 N–H and O–H groups in total. The number of carboxylic acids is 1. The first-order valence-corrected chi connectivity index (χ1v) is 6.26. The lowest BCUT2D eigenvalue weighted by molar-refractivity contribution is -0.138. The number of methoxy groups -OCH3 is 1. The fourth-order valence-corrected chi connectivity index (χ4v) is 1.70. The van der Waals surface area contributed by atoms with Crippen molar-refractivity contribution in [3.05, 3.63) is 0 Å². The van der Waals surface area contributed by atoms with Crippen molar-refractivity contribution in [3.8, 4) is 0 Å². The first-order chi connectivity index (χ1) is 8.47. The van der Waals surface area contributed by atoms with Crippen molar-refractivity contribution in [2.24, 2.45) is 0 Å². The highest BCUT2D eigenvalue weighted by Crippen LogP contribution is 2.09. The summed E-state index contributed by atoms with van der Waals surface area (Å²) in [6.45, 7) is 6.35. The van der Waals surface area contributed by atoms with E-state index in [4.69, 9.17) is 9.84 Å². The molecule has 0 aliphatic carbocycles. The minimum Gasteiger partial charge on any atom is -0.480 e. The van der Waals surface area contributed by atoms with E-state index in [-0.39, 0.29) is 12.1 Å². The van der Waals surface area contributed by atoms with E-state index in [1.165, 1.54) is 6.92 Å². The van der Waals surface area contributed by atoms with Crippen LogP contribution in [-0.2, 0) is 9.53 Å². The molecule has 0 heterocycles. The second-order valence-corrected chi connectivity index (χ2v) is 4.17. The summed E-state index contributed by atoms with van der Waals surface area (Å²) in [5.74, 6) is -1.04. The van der Waals surface area contributed by atoms with Crippen molar-refractivity contribution in [2.45, 2.75) is 45.7 Å². The first-order valence-electron chi connectivity index (χ1n) is 6.26. The maximum atomic E-state index is 12.0. The van der Waals surface area contributed by atoms with Gasteiger partial charge in [0.1, 0.15) is 6.04 Å². The number of ether oxygens (including phenoxy) is 1. The van der Waals surface area contributed by atoms with Crippen LogP contribution in [0.2, 0.25) is 0 Å². The van der Waals surface area contributed by atoms with Gasteiger partial charge in [0.15, 0.2) is 0 Å². The summed E-state index contributed by atoms with van der Waals surface area (Å²) >= 11 is 0. The lowest BCUT2D eigenvalue weighted by Crippen LogP contribution is -2.51. The van der Waals surface area contributed by atoms with Gasteiger partial charge in [0.25, 0.3) is 0 Å². The molecular weight excluding hydrogens is 236 g/mol. The molecule has 0 spiro atoms. The third-order valence-electron chi connectivity index (χ3n) is 2.89. The van der Waals surface area contributed by atoms with Crippen molar-refractivity contribution in [1.29, 1.82) is 0 Å². The summed E-state index contributed by atoms with van der Waals surface area (Å²) in [5.41, 5.74) is 0. The molecule has 0 bridgehead atoms. The minimum absolute atomic E-state index is 0.0983. The Kier molecular flexibility index (Phi) is 8.11. The van der Waals surface area contributed by atoms with Gasteiger partial charge in [-0.2, -0.15) is 0 Å². The molecule has 0 rings (SSSR count). The van der Waals surface area contributed by atoms with Crippen LogP contribution in [0.5, 0.6) is 0 Å². The SMILES string of the molecule is CCC(CC)N(CCOC)C(=O)N[C@H](C)C(=O)O. The molecule has 0 unspecified atom stereocenters. The van der Waals surface area contributed by atoms with Gasteiger partial charge < -0.3 is 20.1 Å². The van der Waals surface area contributed by atoms with Crippen LogP contribution >= 0.6 is 0 Å². The standard InChI is InChI=1S/C12H24N2O4/c1-5-10(6-2)14(7-8-18-4)12(17)13-9(3)11(15)16/h9-10H,5-8H2,1-4H3,(H,13,17)(H,15,16)/t9-/m1/s1. The monoisotopic (exact) mass is 260 g/mol. The Morgan fingerprint density at radius 1 is 1.33 bits per heavy atom. The van der Waals surface area contributed by atoms with Crippen molar-refractivity contribution < 1.29 is 19.4 Å². The number of nitrogens with zero attached hydrogens (tertiary/aromatic N) is 1. The third kappa shape index (κ3) is 5.35. The zero-order valence-electron chi connectivity index (χ0n) is 11.6. The molecule has 0 fully saturated rings. The van der Waals surface area contributed by atoms with Gasteiger partial charge in [0.2, 0.25) is 0 Å². The molecule has 0 aliphatic heterocycles. The number of carbonyl (C=O) groups excluding carboxylic acids is 1. The van der Waals surface area contributed by atoms with Gasteiger partial charge in [-0.05, 0) is 19.8 Å². The molecular formula is C12H24N2O4. The van der Waals surface area contributed by atoms with Crippen molar-refractivity contribution in [3.63, 3.8) is 0 Å². The molecule has 0 aromatic carbocycles. The van der Waals surface area contributed by atoms with Gasteiger partial charge in [0.05, 0.1) is 6.61 Å².